The average Bonchev–Trinajstić information content (AvgIpc) is 3.23. The van der Waals surface area contributed by atoms with Crippen molar-refractivity contribution >= 4 is 11.6 Å². The van der Waals surface area contributed by atoms with Crippen LogP contribution in [0.1, 0.15) is 32.1 Å². The van der Waals surface area contributed by atoms with Gasteiger partial charge in [0.05, 0.1) is 0 Å². The molecule has 24 heavy (non-hydrogen) atoms. The van der Waals surface area contributed by atoms with Crippen molar-refractivity contribution in [1.29, 1.82) is 0 Å². The largest absolute Gasteiger partial charge is 0.371 e. The summed E-state index contributed by atoms with van der Waals surface area (Å²) in [5.41, 5.74) is 1.99. The van der Waals surface area contributed by atoms with E-state index >= 15 is 0 Å². The van der Waals surface area contributed by atoms with Gasteiger partial charge in [0.25, 0.3) is 0 Å². The molecule has 1 saturated carbocycles. The standard InChI is InChI=1S/C20H30N4/c1-21-19(24-13-11-20(16-24)9-5-10-20)22-14-17-8-12-23(15-17)18-6-3-2-4-7-18/h2-4,6-7,17H,5,8-16H2,1H3,(H,21,22). The maximum absolute atomic E-state index is 4.55. The molecule has 0 bridgehead atoms. The summed E-state index contributed by atoms with van der Waals surface area (Å²) in [5.74, 6) is 1.83. The number of nitrogens with zero attached hydrogens (tertiary/aromatic N) is 3. The van der Waals surface area contributed by atoms with Crippen molar-refractivity contribution in [2.75, 3.05) is 44.7 Å². The van der Waals surface area contributed by atoms with Crippen LogP contribution in [-0.4, -0.2) is 50.6 Å². The summed E-state index contributed by atoms with van der Waals surface area (Å²) >= 11 is 0. The van der Waals surface area contributed by atoms with Gasteiger partial charge >= 0.3 is 0 Å². The number of hydrogen-bond donors (Lipinski definition) is 1. The van der Waals surface area contributed by atoms with Crippen molar-refractivity contribution in [2.24, 2.45) is 16.3 Å². The fourth-order valence-electron chi connectivity index (χ4n) is 4.64. The predicted octanol–water partition coefficient (Wildman–Crippen LogP) is 2.96. The molecule has 3 aliphatic rings. The van der Waals surface area contributed by atoms with E-state index in [9.17, 15) is 0 Å². The maximum Gasteiger partial charge on any atom is 0.193 e. The van der Waals surface area contributed by atoms with E-state index in [2.05, 4.69) is 50.4 Å². The third kappa shape index (κ3) is 3.11. The second-order valence-electron chi connectivity index (χ2n) is 7.89. The Hall–Kier alpha value is -1.71. The molecule has 1 unspecified atom stereocenters. The summed E-state index contributed by atoms with van der Waals surface area (Å²) < 4.78 is 0. The molecular weight excluding hydrogens is 296 g/mol. The smallest absolute Gasteiger partial charge is 0.193 e. The molecule has 2 saturated heterocycles. The van der Waals surface area contributed by atoms with Crippen LogP contribution >= 0.6 is 0 Å². The van der Waals surface area contributed by atoms with E-state index in [0.717, 1.165) is 19.0 Å². The molecule has 0 radical (unpaired) electrons. The van der Waals surface area contributed by atoms with Crippen LogP contribution in [0, 0.1) is 11.3 Å². The molecule has 4 rings (SSSR count). The lowest BCUT2D eigenvalue weighted by molar-refractivity contribution is 0.151. The van der Waals surface area contributed by atoms with Gasteiger partial charge in [0, 0.05) is 45.5 Å². The number of anilines is 1. The molecule has 1 atom stereocenters. The van der Waals surface area contributed by atoms with Gasteiger partial charge in [-0.15, -0.1) is 0 Å². The summed E-state index contributed by atoms with van der Waals surface area (Å²) in [5, 5.41) is 3.66. The van der Waals surface area contributed by atoms with E-state index in [1.54, 1.807) is 0 Å². The zero-order chi connectivity index (χ0) is 16.4. The van der Waals surface area contributed by atoms with Crippen molar-refractivity contribution in [2.45, 2.75) is 32.1 Å². The zero-order valence-corrected chi connectivity index (χ0v) is 14.9. The normalized spacial score (nSPS) is 26.0. The number of nitrogens with one attached hydrogen (secondary N) is 1. The predicted molar refractivity (Wildman–Crippen MR) is 101 cm³/mol. The first-order valence-electron chi connectivity index (χ1n) is 9.54. The SMILES string of the molecule is CN=C(NCC1CCN(c2ccccc2)C1)N1CCC2(CCC2)C1. The lowest BCUT2D eigenvalue weighted by atomic mass is 9.68. The molecule has 130 valence electrons. The Labute approximate surface area is 145 Å². The van der Waals surface area contributed by atoms with Gasteiger partial charge in [0.2, 0.25) is 0 Å². The molecule has 0 amide bonds. The van der Waals surface area contributed by atoms with Gasteiger partial charge in [-0.3, -0.25) is 4.99 Å². The highest BCUT2D eigenvalue weighted by Crippen LogP contribution is 2.47. The molecule has 1 aliphatic carbocycles. The summed E-state index contributed by atoms with van der Waals surface area (Å²) in [4.78, 5) is 9.55. The van der Waals surface area contributed by atoms with E-state index in [-0.39, 0.29) is 0 Å². The highest BCUT2D eigenvalue weighted by atomic mass is 15.3. The van der Waals surface area contributed by atoms with Crippen LogP contribution in [0.2, 0.25) is 0 Å². The molecule has 4 nitrogen and oxygen atoms in total. The van der Waals surface area contributed by atoms with E-state index in [1.807, 2.05) is 7.05 Å². The Morgan fingerprint density at radius 3 is 2.71 bits per heavy atom. The summed E-state index contributed by atoms with van der Waals surface area (Å²) in [6, 6.07) is 10.8. The average molecular weight is 326 g/mol. The van der Waals surface area contributed by atoms with Gasteiger partial charge in [0.1, 0.15) is 0 Å². The maximum atomic E-state index is 4.55. The molecular formula is C20H30N4. The topological polar surface area (TPSA) is 30.9 Å². The van der Waals surface area contributed by atoms with Crippen molar-refractivity contribution in [3.8, 4) is 0 Å². The summed E-state index contributed by atoms with van der Waals surface area (Å²) in [6.07, 6.45) is 6.91. The van der Waals surface area contributed by atoms with Gasteiger partial charge in [-0.05, 0) is 49.1 Å². The monoisotopic (exact) mass is 326 g/mol. The number of likely N-dealkylation sites (tertiary alicyclic amines) is 1. The minimum atomic E-state index is 0.634. The van der Waals surface area contributed by atoms with E-state index in [0.29, 0.717) is 11.3 Å². The molecule has 3 fully saturated rings. The highest BCUT2D eigenvalue weighted by molar-refractivity contribution is 5.80. The highest BCUT2D eigenvalue weighted by Gasteiger charge is 2.43. The van der Waals surface area contributed by atoms with Gasteiger partial charge in [-0.25, -0.2) is 0 Å². The fourth-order valence-corrected chi connectivity index (χ4v) is 4.64. The number of para-hydroxylation sites is 1. The molecule has 1 N–H and O–H groups in total. The second-order valence-corrected chi connectivity index (χ2v) is 7.89. The van der Waals surface area contributed by atoms with Crippen LogP contribution in [0.3, 0.4) is 0 Å². The third-order valence-corrected chi connectivity index (χ3v) is 6.32. The Balaban J connectivity index is 1.27. The molecule has 1 aromatic rings. The van der Waals surface area contributed by atoms with Crippen molar-refractivity contribution in [1.82, 2.24) is 10.2 Å². The zero-order valence-electron chi connectivity index (χ0n) is 14.9. The first-order chi connectivity index (χ1) is 11.8. The van der Waals surface area contributed by atoms with Gasteiger partial charge in [-0.2, -0.15) is 0 Å². The van der Waals surface area contributed by atoms with Crippen LogP contribution < -0.4 is 10.2 Å². The summed E-state index contributed by atoms with van der Waals surface area (Å²) in [6.45, 7) is 5.76. The minimum Gasteiger partial charge on any atom is -0.371 e. The molecule has 1 spiro atoms. The first kappa shape index (κ1) is 15.8. The minimum absolute atomic E-state index is 0.634. The number of aliphatic imine (C=N–C) groups is 1. The van der Waals surface area contributed by atoms with Gasteiger partial charge in [-0.1, -0.05) is 24.6 Å². The van der Waals surface area contributed by atoms with Crippen LogP contribution in [0.25, 0.3) is 0 Å². The van der Waals surface area contributed by atoms with Crippen LogP contribution in [0.4, 0.5) is 5.69 Å². The quantitative estimate of drug-likeness (QED) is 0.684. The van der Waals surface area contributed by atoms with Crippen molar-refractivity contribution in [3.05, 3.63) is 30.3 Å². The molecule has 1 aromatic carbocycles. The Bertz CT molecular complexity index is 579. The number of benzene rings is 1. The lowest BCUT2D eigenvalue weighted by Crippen LogP contribution is -2.44. The van der Waals surface area contributed by atoms with E-state index in [1.165, 1.54) is 57.4 Å². The number of guanidine groups is 1. The number of rotatable bonds is 3. The van der Waals surface area contributed by atoms with E-state index in [4.69, 9.17) is 0 Å². The molecule has 0 aromatic heterocycles. The van der Waals surface area contributed by atoms with Crippen LogP contribution in [0.5, 0.6) is 0 Å². The fraction of sp³-hybridized carbons (Fsp3) is 0.650. The van der Waals surface area contributed by atoms with Gasteiger partial charge < -0.3 is 15.1 Å². The third-order valence-electron chi connectivity index (χ3n) is 6.32. The van der Waals surface area contributed by atoms with Crippen LogP contribution in [0.15, 0.2) is 35.3 Å². The molecule has 4 heteroatoms. The van der Waals surface area contributed by atoms with Crippen LogP contribution in [-0.2, 0) is 0 Å². The van der Waals surface area contributed by atoms with Gasteiger partial charge in [0.15, 0.2) is 5.96 Å². The number of hydrogen-bond acceptors (Lipinski definition) is 2. The van der Waals surface area contributed by atoms with Crippen molar-refractivity contribution in [3.63, 3.8) is 0 Å². The van der Waals surface area contributed by atoms with E-state index < -0.39 is 0 Å². The Morgan fingerprint density at radius 2 is 2.04 bits per heavy atom. The Morgan fingerprint density at radius 1 is 1.21 bits per heavy atom. The second kappa shape index (κ2) is 6.66. The lowest BCUT2D eigenvalue weighted by Gasteiger charge is -2.38. The first-order valence-corrected chi connectivity index (χ1v) is 9.54. The Kier molecular flexibility index (Phi) is 4.38. The molecule has 2 heterocycles. The molecule has 2 aliphatic heterocycles. The van der Waals surface area contributed by atoms with Crippen molar-refractivity contribution < 1.29 is 0 Å². The summed E-state index contributed by atoms with van der Waals surface area (Å²) in [7, 11) is 1.93.